The molecule has 7 nitrogen and oxygen atoms in total. The van der Waals surface area contributed by atoms with Crippen molar-refractivity contribution in [3.8, 4) is 17.2 Å². The van der Waals surface area contributed by atoms with Crippen LogP contribution in [0.2, 0.25) is 0 Å². The third-order valence-electron chi connectivity index (χ3n) is 5.51. The van der Waals surface area contributed by atoms with E-state index < -0.39 is 17.7 Å². The molecule has 1 aliphatic carbocycles. The van der Waals surface area contributed by atoms with E-state index in [1.807, 2.05) is 6.07 Å². The number of nitrogens with zero attached hydrogens (tertiary/aromatic N) is 2. The van der Waals surface area contributed by atoms with Crippen molar-refractivity contribution in [2.24, 2.45) is 0 Å². The molecule has 9 heteroatoms. The van der Waals surface area contributed by atoms with Crippen LogP contribution in [0.3, 0.4) is 0 Å². The van der Waals surface area contributed by atoms with Gasteiger partial charge in [0.2, 0.25) is 0 Å². The molecule has 1 aliphatic rings. The molecule has 1 saturated carbocycles. The third-order valence-corrected chi connectivity index (χ3v) is 5.51. The van der Waals surface area contributed by atoms with Gasteiger partial charge in [-0.2, -0.15) is 0 Å². The number of hydrogen-bond acceptors (Lipinski definition) is 6. The van der Waals surface area contributed by atoms with E-state index in [0.717, 1.165) is 31.0 Å². The maximum atomic E-state index is 13.3. The lowest BCUT2D eigenvalue weighted by molar-refractivity contribution is 0.139. The molecule has 0 atom stereocenters. The SMILES string of the molecule is Cc1noc(-c2ccc(OC3CCCCC3)cn2)c1CNC(=O)OCc1cc(F)cc(F)c1. The molecule has 0 spiro atoms. The molecule has 2 heterocycles. The molecule has 0 bridgehead atoms. The Labute approximate surface area is 190 Å². The highest BCUT2D eigenvalue weighted by Gasteiger charge is 2.19. The molecule has 1 N–H and O–H groups in total. The molecule has 3 aromatic rings. The largest absolute Gasteiger partial charge is 0.489 e. The van der Waals surface area contributed by atoms with Gasteiger partial charge < -0.3 is 19.3 Å². The van der Waals surface area contributed by atoms with Crippen molar-refractivity contribution in [2.75, 3.05) is 0 Å². The molecule has 174 valence electrons. The van der Waals surface area contributed by atoms with Crippen LogP contribution in [0.4, 0.5) is 13.6 Å². The van der Waals surface area contributed by atoms with Gasteiger partial charge in [-0.3, -0.25) is 0 Å². The fraction of sp³-hybridized carbons (Fsp3) is 0.375. The van der Waals surface area contributed by atoms with Gasteiger partial charge in [0, 0.05) is 11.6 Å². The number of aryl methyl sites for hydroxylation is 1. The highest BCUT2D eigenvalue weighted by atomic mass is 19.1. The van der Waals surface area contributed by atoms with Crippen molar-refractivity contribution in [3.05, 3.63) is 65.0 Å². The Kier molecular flexibility index (Phi) is 7.16. The average Bonchev–Trinajstić information content (AvgIpc) is 3.17. The van der Waals surface area contributed by atoms with Gasteiger partial charge in [-0.1, -0.05) is 11.6 Å². The van der Waals surface area contributed by atoms with E-state index in [0.29, 0.717) is 28.5 Å². The Bertz CT molecular complexity index is 1080. The summed E-state index contributed by atoms with van der Waals surface area (Å²) in [5.41, 5.74) is 2.02. The molecule has 2 aromatic heterocycles. The second kappa shape index (κ2) is 10.4. The third kappa shape index (κ3) is 6.06. The quantitative estimate of drug-likeness (QED) is 0.507. The van der Waals surface area contributed by atoms with Crippen LogP contribution >= 0.6 is 0 Å². The second-order valence-corrected chi connectivity index (χ2v) is 8.04. The van der Waals surface area contributed by atoms with E-state index in [9.17, 15) is 13.6 Å². The predicted octanol–water partition coefficient (Wildman–Crippen LogP) is 5.46. The Hall–Kier alpha value is -3.49. The van der Waals surface area contributed by atoms with E-state index in [4.69, 9.17) is 14.0 Å². The predicted molar refractivity (Wildman–Crippen MR) is 115 cm³/mol. The number of carbonyl (C=O) groups is 1. The van der Waals surface area contributed by atoms with Crippen molar-refractivity contribution in [3.63, 3.8) is 0 Å². The summed E-state index contributed by atoms with van der Waals surface area (Å²) >= 11 is 0. The minimum atomic E-state index is -0.740. The van der Waals surface area contributed by atoms with Gasteiger partial charge >= 0.3 is 6.09 Å². The Morgan fingerprint density at radius 2 is 1.91 bits per heavy atom. The zero-order valence-electron chi connectivity index (χ0n) is 18.3. The molecule has 4 rings (SSSR count). The fourth-order valence-corrected chi connectivity index (χ4v) is 3.81. The average molecular weight is 457 g/mol. The number of nitrogens with one attached hydrogen (secondary N) is 1. The number of rotatable bonds is 7. The summed E-state index contributed by atoms with van der Waals surface area (Å²) < 4.78 is 43.0. The van der Waals surface area contributed by atoms with Gasteiger partial charge in [-0.25, -0.2) is 18.6 Å². The highest BCUT2D eigenvalue weighted by molar-refractivity contribution is 5.68. The van der Waals surface area contributed by atoms with Gasteiger partial charge in [0.1, 0.15) is 29.7 Å². The Morgan fingerprint density at radius 3 is 2.61 bits per heavy atom. The molecule has 33 heavy (non-hydrogen) atoms. The fourth-order valence-electron chi connectivity index (χ4n) is 3.81. The summed E-state index contributed by atoms with van der Waals surface area (Å²) in [4.78, 5) is 16.5. The van der Waals surface area contributed by atoms with E-state index in [2.05, 4.69) is 15.5 Å². The van der Waals surface area contributed by atoms with E-state index >= 15 is 0 Å². The molecule has 0 radical (unpaired) electrons. The summed E-state index contributed by atoms with van der Waals surface area (Å²) in [7, 11) is 0. The number of pyridine rings is 1. The molecular weight excluding hydrogens is 432 g/mol. The molecular formula is C24H25F2N3O4. The summed E-state index contributed by atoms with van der Waals surface area (Å²) in [6.45, 7) is 1.58. The first-order chi connectivity index (χ1) is 16.0. The van der Waals surface area contributed by atoms with Crippen LogP contribution in [-0.4, -0.2) is 22.3 Å². The minimum Gasteiger partial charge on any atom is -0.489 e. The van der Waals surface area contributed by atoms with Crippen molar-refractivity contribution < 1.29 is 27.6 Å². The van der Waals surface area contributed by atoms with Crippen LogP contribution in [-0.2, 0) is 17.9 Å². The number of aromatic nitrogens is 2. The smallest absolute Gasteiger partial charge is 0.407 e. The van der Waals surface area contributed by atoms with Gasteiger partial charge in [0.05, 0.1) is 24.5 Å². The number of alkyl carbamates (subject to hydrolysis) is 1. The first kappa shape index (κ1) is 22.7. The first-order valence-corrected chi connectivity index (χ1v) is 10.9. The summed E-state index contributed by atoms with van der Waals surface area (Å²) in [6, 6.07) is 6.59. The zero-order chi connectivity index (χ0) is 23.2. The molecule has 0 saturated heterocycles. The number of ether oxygens (including phenoxy) is 2. The van der Waals surface area contributed by atoms with Crippen molar-refractivity contribution in [1.82, 2.24) is 15.5 Å². The zero-order valence-corrected chi connectivity index (χ0v) is 18.3. The van der Waals surface area contributed by atoms with Crippen LogP contribution in [0.15, 0.2) is 41.1 Å². The van der Waals surface area contributed by atoms with Crippen molar-refractivity contribution in [1.29, 1.82) is 0 Å². The van der Waals surface area contributed by atoms with E-state index in [1.54, 1.807) is 19.2 Å². The first-order valence-electron chi connectivity index (χ1n) is 10.9. The molecule has 1 aromatic carbocycles. The number of carbonyl (C=O) groups excluding carboxylic acids is 1. The lowest BCUT2D eigenvalue weighted by Gasteiger charge is -2.22. The number of benzene rings is 1. The van der Waals surface area contributed by atoms with Crippen molar-refractivity contribution in [2.45, 2.75) is 58.3 Å². The summed E-state index contributed by atoms with van der Waals surface area (Å²) in [5, 5.41) is 6.58. The van der Waals surface area contributed by atoms with Gasteiger partial charge in [0.25, 0.3) is 0 Å². The summed E-state index contributed by atoms with van der Waals surface area (Å²) in [6.07, 6.45) is 6.90. The number of hydrogen-bond donors (Lipinski definition) is 1. The number of amides is 1. The van der Waals surface area contributed by atoms with Crippen LogP contribution in [0.25, 0.3) is 11.5 Å². The Balaban J connectivity index is 1.34. The normalized spacial score (nSPS) is 14.2. The highest BCUT2D eigenvalue weighted by Crippen LogP contribution is 2.27. The van der Waals surface area contributed by atoms with E-state index in [-0.39, 0.29) is 24.8 Å². The second-order valence-electron chi connectivity index (χ2n) is 8.04. The van der Waals surface area contributed by atoms with Crippen LogP contribution in [0.1, 0.15) is 48.9 Å². The lowest BCUT2D eigenvalue weighted by atomic mass is 9.98. The molecule has 1 fully saturated rings. The van der Waals surface area contributed by atoms with Crippen molar-refractivity contribution >= 4 is 6.09 Å². The van der Waals surface area contributed by atoms with Crippen LogP contribution in [0, 0.1) is 18.6 Å². The molecule has 0 aliphatic heterocycles. The maximum absolute atomic E-state index is 13.3. The van der Waals surface area contributed by atoms with Crippen LogP contribution in [0.5, 0.6) is 5.75 Å². The monoisotopic (exact) mass is 457 g/mol. The topological polar surface area (TPSA) is 86.5 Å². The minimum absolute atomic E-state index is 0.0863. The summed E-state index contributed by atoms with van der Waals surface area (Å²) in [5.74, 6) is -0.328. The Morgan fingerprint density at radius 1 is 1.15 bits per heavy atom. The standard InChI is InChI=1S/C24H25F2N3O4/c1-15-21(13-28-24(30)31-14-16-9-17(25)11-18(26)10-16)23(33-29-15)22-8-7-20(12-27-22)32-19-5-3-2-4-6-19/h7-12,19H,2-6,13-14H2,1H3,(H,28,30). The van der Waals surface area contributed by atoms with Gasteiger partial charge in [-0.05, 0) is 62.4 Å². The number of halogens is 2. The van der Waals surface area contributed by atoms with Gasteiger partial charge in [-0.15, -0.1) is 0 Å². The maximum Gasteiger partial charge on any atom is 0.407 e. The van der Waals surface area contributed by atoms with Gasteiger partial charge in [0.15, 0.2) is 5.76 Å². The lowest BCUT2D eigenvalue weighted by Crippen LogP contribution is -2.24. The molecule has 0 unspecified atom stereocenters. The van der Waals surface area contributed by atoms with E-state index in [1.165, 1.54) is 19.3 Å². The molecule has 1 amide bonds. The van der Waals surface area contributed by atoms with Crippen LogP contribution < -0.4 is 10.1 Å².